The number of nitrogens with one attached hydrogen (secondary N) is 2. The Labute approximate surface area is 131 Å². The molecule has 1 atom stereocenters. The second kappa shape index (κ2) is 7.78. The molecule has 2 rings (SSSR count). The lowest BCUT2D eigenvalue weighted by Crippen LogP contribution is -2.39. The minimum atomic E-state index is 0.00614. The zero-order chi connectivity index (χ0) is 15.2. The number of hydrogen-bond acceptors (Lipinski definition) is 3. The quantitative estimate of drug-likeness (QED) is 0.878. The maximum atomic E-state index is 12.1. The van der Waals surface area contributed by atoms with Crippen LogP contribution in [0.5, 0.6) is 0 Å². The van der Waals surface area contributed by atoms with Crippen LogP contribution in [0.3, 0.4) is 0 Å². The summed E-state index contributed by atoms with van der Waals surface area (Å²) in [4.78, 5) is 14.2. The van der Waals surface area contributed by atoms with Crippen LogP contribution in [0.25, 0.3) is 0 Å². The van der Waals surface area contributed by atoms with Crippen LogP contribution in [-0.4, -0.2) is 44.0 Å². The highest BCUT2D eigenvalue weighted by atomic mass is 35.5. The molecule has 0 spiro atoms. The van der Waals surface area contributed by atoms with E-state index < -0.39 is 0 Å². The number of amides is 1. The van der Waals surface area contributed by atoms with Gasteiger partial charge in [-0.05, 0) is 63.5 Å². The Kier molecular flexibility index (Phi) is 6.03. The highest BCUT2D eigenvalue weighted by Crippen LogP contribution is 2.20. The van der Waals surface area contributed by atoms with E-state index in [1.54, 1.807) is 6.07 Å². The van der Waals surface area contributed by atoms with Crippen molar-refractivity contribution in [2.24, 2.45) is 5.92 Å². The first-order valence-corrected chi connectivity index (χ1v) is 7.87. The monoisotopic (exact) mass is 309 g/mol. The van der Waals surface area contributed by atoms with Gasteiger partial charge >= 0.3 is 0 Å². The molecule has 0 aliphatic carbocycles. The number of piperidine rings is 1. The lowest BCUT2D eigenvalue weighted by Gasteiger charge is -2.27. The van der Waals surface area contributed by atoms with E-state index in [2.05, 4.69) is 15.5 Å². The number of benzene rings is 1. The number of hydrogen-bond donors (Lipinski definition) is 2. The smallest absolute Gasteiger partial charge is 0.238 e. The minimum absolute atomic E-state index is 0.00614. The summed E-state index contributed by atoms with van der Waals surface area (Å²) in [6, 6.07) is 5.53. The lowest BCUT2D eigenvalue weighted by molar-refractivity contribution is -0.117. The van der Waals surface area contributed by atoms with Crippen molar-refractivity contribution in [3.05, 3.63) is 28.8 Å². The molecule has 4 nitrogen and oxygen atoms in total. The number of carbonyl (C=O) groups is 1. The number of carbonyl (C=O) groups excluding carboxylic acids is 1. The van der Waals surface area contributed by atoms with Crippen molar-refractivity contribution in [3.8, 4) is 0 Å². The predicted molar refractivity (Wildman–Crippen MR) is 87.9 cm³/mol. The van der Waals surface area contributed by atoms with Gasteiger partial charge in [0.25, 0.3) is 0 Å². The molecule has 1 aromatic rings. The summed E-state index contributed by atoms with van der Waals surface area (Å²) in [5, 5.41) is 6.98. The van der Waals surface area contributed by atoms with E-state index >= 15 is 0 Å². The van der Waals surface area contributed by atoms with E-state index in [-0.39, 0.29) is 5.91 Å². The number of nitrogens with zero attached hydrogens (tertiary/aromatic N) is 1. The molecule has 0 saturated carbocycles. The van der Waals surface area contributed by atoms with E-state index in [0.29, 0.717) is 17.5 Å². The summed E-state index contributed by atoms with van der Waals surface area (Å²) < 4.78 is 0. The first kappa shape index (κ1) is 16.3. The maximum absolute atomic E-state index is 12.1. The van der Waals surface area contributed by atoms with Gasteiger partial charge in [-0.1, -0.05) is 17.7 Å². The summed E-state index contributed by atoms with van der Waals surface area (Å²) in [5.41, 5.74) is 1.81. The van der Waals surface area contributed by atoms with Crippen LogP contribution in [0.1, 0.15) is 18.4 Å². The molecule has 21 heavy (non-hydrogen) atoms. The number of likely N-dealkylation sites (N-methyl/N-ethyl adjacent to an activating group) is 1. The van der Waals surface area contributed by atoms with Crippen LogP contribution in [-0.2, 0) is 4.79 Å². The van der Waals surface area contributed by atoms with Crippen LogP contribution in [0.15, 0.2) is 18.2 Å². The first-order chi connectivity index (χ1) is 10.0. The van der Waals surface area contributed by atoms with Gasteiger partial charge < -0.3 is 10.6 Å². The van der Waals surface area contributed by atoms with Gasteiger partial charge in [-0.15, -0.1) is 0 Å². The Morgan fingerprint density at radius 3 is 3.05 bits per heavy atom. The van der Waals surface area contributed by atoms with E-state index in [1.807, 2.05) is 26.1 Å². The number of aryl methyl sites for hydroxylation is 1. The van der Waals surface area contributed by atoms with Crippen molar-refractivity contribution >= 4 is 23.2 Å². The zero-order valence-corrected chi connectivity index (χ0v) is 13.5. The van der Waals surface area contributed by atoms with Crippen LogP contribution in [0.4, 0.5) is 5.69 Å². The van der Waals surface area contributed by atoms with Crippen LogP contribution >= 0.6 is 11.6 Å². The maximum Gasteiger partial charge on any atom is 0.238 e. The fourth-order valence-corrected chi connectivity index (χ4v) is 2.92. The van der Waals surface area contributed by atoms with Crippen molar-refractivity contribution in [2.45, 2.75) is 19.8 Å². The van der Waals surface area contributed by atoms with Crippen LogP contribution < -0.4 is 10.6 Å². The SMILES string of the molecule is Cc1ccc(Cl)cc1NC(=O)CN(C)CC1CCCNC1. The molecule has 1 amide bonds. The number of halogens is 1. The molecule has 1 saturated heterocycles. The lowest BCUT2D eigenvalue weighted by atomic mass is 9.99. The largest absolute Gasteiger partial charge is 0.325 e. The van der Waals surface area contributed by atoms with Gasteiger partial charge in [-0.2, -0.15) is 0 Å². The van der Waals surface area contributed by atoms with E-state index in [4.69, 9.17) is 11.6 Å². The molecule has 0 bridgehead atoms. The van der Waals surface area contributed by atoms with Crippen molar-refractivity contribution in [2.75, 3.05) is 38.5 Å². The molecule has 1 unspecified atom stereocenters. The summed E-state index contributed by atoms with van der Waals surface area (Å²) >= 11 is 5.97. The average Bonchev–Trinajstić information content (AvgIpc) is 2.43. The second-order valence-corrected chi connectivity index (χ2v) is 6.35. The highest BCUT2D eigenvalue weighted by Gasteiger charge is 2.16. The van der Waals surface area contributed by atoms with Gasteiger partial charge in [-0.3, -0.25) is 9.69 Å². The minimum Gasteiger partial charge on any atom is -0.325 e. The Hall–Kier alpha value is -1.10. The fourth-order valence-electron chi connectivity index (χ4n) is 2.75. The third kappa shape index (κ3) is 5.30. The summed E-state index contributed by atoms with van der Waals surface area (Å²) in [7, 11) is 2.00. The molecule has 1 aromatic carbocycles. The summed E-state index contributed by atoms with van der Waals surface area (Å²) in [6.07, 6.45) is 2.47. The molecule has 5 heteroatoms. The van der Waals surface area contributed by atoms with E-state index in [0.717, 1.165) is 30.9 Å². The average molecular weight is 310 g/mol. The molecule has 1 fully saturated rings. The van der Waals surface area contributed by atoms with Gasteiger partial charge in [-0.25, -0.2) is 0 Å². The third-order valence-electron chi connectivity index (χ3n) is 3.86. The Bertz CT molecular complexity index is 486. The van der Waals surface area contributed by atoms with Gasteiger partial charge in [0, 0.05) is 17.3 Å². The first-order valence-electron chi connectivity index (χ1n) is 7.50. The number of anilines is 1. The highest BCUT2D eigenvalue weighted by molar-refractivity contribution is 6.31. The molecule has 1 aliphatic heterocycles. The van der Waals surface area contributed by atoms with Crippen molar-refractivity contribution in [1.29, 1.82) is 0 Å². The van der Waals surface area contributed by atoms with Gasteiger partial charge in [0.05, 0.1) is 6.54 Å². The third-order valence-corrected chi connectivity index (χ3v) is 4.09. The molecular formula is C16H24ClN3O. The summed E-state index contributed by atoms with van der Waals surface area (Å²) in [6.45, 7) is 5.49. The molecule has 1 heterocycles. The van der Waals surface area contributed by atoms with Crippen molar-refractivity contribution < 1.29 is 4.79 Å². The van der Waals surface area contributed by atoms with Gasteiger partial charge in [0.2, 0.25) is 5.91 Å². The molecule has 116 valence electrons. The van der Waals surface area contributed by atoms with Crippen LogP contribution in [0.2, 0.25) is 5.02 Å². The molecule has 0 radical (unpaired) electrons. The normalized spacial score (nSPS) is 18.8. The zero-order valence-electron chi connectivity index (χ0n) is 12.8. The van der Waals surface area contributed by atoms with Crippen molar-refractivity contribution in [1.82, 2.24) is 10.2 Å². The molecule has 1 aliphatic rings. The Morgan fingerprint density at radius 2 is 2.33 bits per heavy atom. The fraction of sp³-hybridized carbons (Fsp3) is 0.562. The van der Waals surface area contributed by atoms with Gasteiger partial charge in [0.15, 0.2) is 0 Å². The van der Waals surface area contributed by atoms with Gasteiger partial charge in [0.1, 0.15) is 0 Å². The van der Waals surface area contributed by atoms with E-state index in [9.17, 15) is 4.79 Å². The molecule has 2 N–H and O–H groups in total. The predicted octanol–water partition coefficient (Wildman–Crippen LogP) is 2.52. The summed E-state index contributed by atoms with van der Waals surface area (Å²) in [5.74, 6) is 0.649. The molecular weight excluding hydrogens is 286 g/mol. The Morgan fingerprint density at radius 1 is 1.52 bits per heavy atom. The topological polar surface area (TPSA) is 44.4 Å². The Balaban J connectivity index is 1.81. The van der Waals surface area contributed by atoms with Crippen molar-refractivity contribution in [3.63, 3.8) is 0 Å². The van der Waals surface area contributed by atoms with E-state index in [1.165, 1.54) is 12.8 Å². The standard InChI is InChI=1S/C16H24ClN3O/c1-12-5-6-14(17)8-15(12)19-16(21)11-20(2)10-13-4-3-7-18-9-13/h5-6,8,13,18H,3-4,7,9-11H2,1-2H3,(H,19,21). The second-order valence-electron chi connectivity index (χ2n) is 5.92. The molecule has 0 aromatic heterocycles. The number of rotatable bonds is 5. The van der Waals surface area contributed by atoms with Crippen LogP contribution in [0, 0.1) is 12.8 Å².